The van der Waals surface area contributed by atoms with Crippen LogP contribution >= 0.6 is 87.1 Å². The maximum absolute atomic E-state index is 11.0. The van der Waals surface area contributed by atoms with Crippen molar-refractivity contribution in [1.82, 2.24) is 49.8 Å². The summed E-state index contributed by atoms with van der Waals surface area (Å²) in [5, 5.41) is 0.972. The molecule has 0 aliphatic carbocycles. The average molecular weight is 1330 g/mol. The van der Waals surface area contributed by atoms with Gasteiger partial charge in [0.15, 0.2) is 5.16 Å². The molecule has 1 aliphatic rings. The summed E-state index contributed by atoms with van der Waals surface area (Å²) in [6.45, 7) is 26.4. The van der Waals surface area contributed by atoms with Crippen molar-refractivity contribution in [2.45, 2.75) is 124 Å². The molecule has 0 N–H and O–H groups in total. The molecule has 6 heterocycles. The molecule has 0 amide bonds. The highest BCUT2D eigenvalue weighted by Crippen LogP contribution is 2.36. The average Bonchev–Trinajstić information content (AvgIpc) is 3.52. The van der Waals surface area contributed by atoms with Crippen molar-refractivity contribution in [1.29, 1.82) is 0 Å². The summed E-state index contributed by atoms with van der Waals surface area (Å²) in [5.74, 6) is 2.99. The molecule has 5 aromatic rings. The molecule has 0 atom stereocenters. The highest BCUT2D eigenvalue weighted by Gasteiger charge is 2.52. The Labute approximate surface area is 515 Å². The molecule has 77 heavy (non-hydrogen) atoms. The van der Waals surface area contributed by atoms with Gasteiger partial charge in [-0.1, -0.05) is 39.5 Å². The third kappa shape index (κ3) is 26.3. The molecule has 1 fully saturated rings. The number of aryl methyl sites for hydroxylation is 5. The van der Waals surface area contributed by atoms with Crippen LogP contribution in [0.2, 0.25) is 5.28 Å². The van der Waals surface area contributed by atoms with E-state index in [-0.39, 0.29) is 28.8 Å². The largest absolute Gasteiger partial charge is 0.498 e. The van der Waals surface area contributed by atoms with Gasteiger partial charge in [-0.3, -0.25) is 0 Å². The van der Waals surface area contributed by atoms with Gasteiger partial charge in [-0.2, -0.15) is 0 Å². The lowest BCUT2D eigenvalue weighted by Crippen LogP contribution is -2.72. The molecule has 36 heteroatoms. The number of halogens is 5. The Hall–Kier alpha value is -1.20. The van der Waals surface area contributed by atoms with Gasteiger partial charge in [-0.15, -0.1) is 0 Å². The molecule has 1 saturated heterocycles. The van der Waals surface area contributed by atoms with Crippen molar-refractivity contribution in [2.24, 2.45) is 11.8 Å². The van der Waals surface area contributed by atoms with E-state index in [0.29, 0.717) is 22.0 Å². The summed E-state index contributed by atoms with van der Waals surface area (Å²) >= 11 is 20.1. The van der Waals surface area contributed by atoms with Crippen LogP contribution < -0.4 is 5.46 Å². The molecule has 0 saturated carbocycles. The Kier molecular flexibility index (Phi) is 33.0. The van der Waals surface area contributed by atoms with Crippen molar-refractivity contribution in [3.05, 3.63) is 94.3 Å². The molecule has 14 nitrogen and oxygen atoms in total. The fraction of sp³-hybridized carbons (Fsp3) is 0.512. The Bertz CT molecular complexity index is 2710. The minimum Gasteiger partial charge on any atom is -0.399 e. The topological polar surface area (TPSA) is 182 Å². The Morgan fingerprint density at radius 1 is 0.571 bits per heavy atom. The lowest BCUT2D eigenvalue weighted by Gasteiger charge is -2.34. The highest BCUT2D eigenvalue weighted by molar-refractivity contribution is 9.11. The van der Waals surface area contributed by atoms with Crippen LogP contribution in [-0.2, 0) is 32.0 Å². The lowest BCUT2D eigenvalue weighted by molar-refractivity contribution is 0.00578. The molecule has 386 valence electrons. The summed E-state index contributed by atoms with van der Waals surface area (Å²) in [4.78, 5) is 41.0. The van der Waals surface area contributed by atoms with Gasteiger partial charge < -0.3 is 9.31 Å². The Balaban J connectivity index is 0.000000472. The van der Waals surface area contributed by atoms with Crippen LogP contribution in [0.5, 0.6) is 0 Å². The molecule has 16 radical (unpaired) electrons. The zero-order chi connectivity index (χ0) is 59.5. The van der Waals surface area contributed by atoms with Crippen LogP contribution in [0.4, 0.5) is 0 Å². The Morgan fingerprint density at radius 3 is 1.25 bits per heavy atom. The normalized spacial score (nSPS) is 12.9. The molecule has 6 rings (SSSR count). The molecular formula is C41H56B15Br4ClN10O4S2. The van der Waals surface area contributed by atoms with Gasteiger partial charge in [-0.25, -0.2) is 58.3 Å². The monoisotopic (exact) mass is 1330 g/mol. The second-order valence-electron chi connectivity index (χ2n) is 19.5. The number of sulfone groups is 1. The van der Waals surface area contributed by atoms with E-state index in [9.17, 15) is 8.42 Å². The smallest absolute Gasteiger partial charge is 0.399 e. The van der Waals surface area contributed by atoms with Crippen molar-refractivity contribution in [2.75, 3.05) is 12.5 Å². The van der Waals surface area contributed by atoms with Gasteiger partial charge in [0, 0.05) is 161 Å². The van der Waals surface area contributed by atoms with Crippen molar-refractivity contribution in [3.8, 4) is 0 Å². The fourth-order valence-electron chi connectivity index (χ4n) is 6.26. The van der Waals surface area contributed by atoms with Gasteiger partial charge in [0.05, 0.1) is 51.9 Å². The van der Waals surface area contributed by atoms with E-state index in [4.69, 9.17) is 82.8 Å². The third-order valence-corrected chi connectivity index (χ3v) is 15.9. The fourth-order valence-corrected chi connectivity index (χ4v) is 8.13. The predicted molar refractivity (Wildman–Crippen MR) is 348 cm³/mol. The van der Waals surface area contributed by atoms with Gasteiger partial charge in [-0.05, 0) is 156 Å². The van der Waals surface area contributed by atoms with Crippen molar-refractivity contribution >= 4 is 210 Å². The van der Waals surface area contributed by atoms with E-state index < -0.39 is 48.1 Å². The van der Waals surface area contributed by atoms with E-state index in [0.717, 1.165) is 77.6 Å². The summed E-state index contributed by atoms with van der Waals surface area (Å²) in [5.41, 5.74) is 4.67. The van der Waals surface area contributed by atoms with Gasteiger partial charge in [0.1, 0.15) is 11.6 Å². The summed E-state index contributed by atoms with van der Waals surface area (Å²) in [6, 6.07) is 0. The van der Waals surface area contributed by atoms with E-state index in [1.165, 1.54) is 6.20 Å². The van der Waals surface area contributed by atoms with Crippen molar-refractivity contribution < 1.29 is 17.7 Å². The van der Waals surface area contributed by atoms with Crippen LogP contribution in [0.1, 0.15) is 95.5 Å². The number of nitrogens with zero attached hydrogens (tertiary/aromatic N) is 10. The highest BCUT2D eigenvalue weighted by atomic mass is 79.9. The van der Waals surface area contributed by atoms with Crippen LogP contribution in [0, 0.1) is 46.5 Å². The first-order valence-corrected chi connectivity index (χ1v) is 30.6. The van der Waals surface area contributed by atoms with Gasteiger partial charge in [0.25, 0.3) is 0 Å². The van der Waals surface area contributed by atoms with Crippen molar-refractivity contribution in [3.63, 3.8) is 0 Å². The second kappa shape index (κ2) is 34.4. The van der Waals surface area contributed by atoms with Crippen LogP contribution in [0.15, 0.2) is 59.2 Å². The molecule has 0 unspecified atom stereocenters. The maximum atomic E-state index is 11.0. The number of aromatic nitrogens is 10. The predicted octanol–water partition coefficient (Wildman–Crippen LogP) is 5.12. The van der Waals surface area contributed by atoms with Gasteiger partial charge in [0.2, 0.25) is 20.3 Å². The zero-order valence-corrected chi connectivity index (χ0v) is 55.2. The van der Waals surface area contributed by atoms with Crippen LogP contribution in [0.25, 0.3) is 0 Å². The summed E-state index contributed by atoms with van der Waals surface area (Å²) in [6.07, 6.45) is 9.31. The molecule has 0 bridgehead atoms. The van der Waals surface area contributed by atoms with Crippen LogP contribution in [-0.4, -0.2) is 189 Å². The number of thioether (sulfide) groups is 1. The number of hydrogen-bond donors (Lipinski definition) is 0. The summed E-state index contributed by atoms with van der Waals surface area (Å²) < 4.78 is 37.5. The maximum Gasteiger partial charge on any atom is 0.498 e. The standard InChI is InChI=1S/C15H25BN2O2.C9H13BrN2.C6H7BrN2O2S.C6H7BrN2S.C5H4BrClN2.B14/c1-10(2)8-13-17-9-12(11(3)18-13)16-19-14(4,5)15(6,7)20-16;1-6(2)4-9-11-5-8(10)7(3)12-9;1-4-5(7)3-8-6(9-4)12(2,10)11;1-4-5(7)3-8-6(9-4)10-2;1-3-4(6)2-8-5(7)9-3;1-9(2)13(10(3)4)14(11(5)6)12(7)8/h9-10H,8H2,1-7H3;5-6H,4H2,1-3H3;3H,1-2H3;3H,1-2H3;2H,1H3;. The van der Waals surface area contributed by atoms with Crippen LogP contribution in [0.3, 0.4) is 0 Å². The van der Waals surface area contributed by atoms with Gasteiger partial charge >= 0.3 is 7.12 Å². The number of hydrogen-bond acceptors (Lipinski definition) is 15. The lowest BCUT2D eigenvalue weighted by atomic mass is 8.47. The minimum absolute atomic E-state index is 0.136. The first-order valence-electron chi connectivity index (χ1n) is 23.9. The Morgan fingerprint density at radius 2 is 0.922 bits per heavy atom. The molecule has 5 aromatic heterocycles. The quantitative estimate of drug-likeness (QED) is 0.0912. The summed E-state index contributed by atoms with van der Waals surface area (Å²) in [7, 11) is 40.4. The SMILES string of the molecule is CSc1ncc(Br)c(C)n1.Cc1nc(CC(C)C)ncc1B1OC(C)(C)C(C)(C)O1.Cc1nc(CC(C)C)ncc1Br.Cc1nc(Cl)ncc1Br.Cc1nc(S(C)(=O)=O)ncc1Br.[B]B([B])B(B([B])[B])B(B([B])[B])B([B])[B]. The first kappa shape index (κ1) is 73.8. The van der Waals surface area contributed by atoms with E-state index in [1.54, 1.807) is 31.1 Å². The van der Waals surface area contributed by atoms with E-state index >= 15 is 0 Å². The molecular weight excluding hydrogens is 1280 g/mol. The number of rotatable bonds is 12. The molecule has 0 aromatic carbocycles. The third-order valence-electron chi connectivity index (χ3n) is 11.1. The minimum atomic E-state index is -3.29. The van der Waals surface area contributed by atoms with E-state index in [1.807, 2.05) is 46.3 Å². The molecule has 0 spiro atoms. The second-order valence-corrected chi connectivity index (χ2v) is 26.0. The zero-order valence-electron chi connectivity index (χ0n) is 46.4. The first-order chi connectivity index (χ1) is 35.3. The molecule has 1 aliphatic heterocycles. The van der Waals surface area contributed by atoms with E-state index in [2.05, 4.69) is 169 Å².